The normalized spacial score (nSPS) is 27.1. The Labute approximate surface area is 150 Å². The summed E-state index contributed by atoms with van der Waals surface area (Å²) in [5, 5.41) is 20.1. The Morgan fingerprint density at radius 2 is 2.04 bits per heavy atom. The van der Waals surface area contributed by atoms with Crippen molar-refractivity contribution in [2.45, 2.75) is 77.2 Å². The fourth-order valence-electron chi connectivity index (χ4n) is 4.75. The summed E-state index contributed by atoms with van der Waals surface area (Å²) in [5.74, 6) is 0.279. The molecular weight excluding hydrogens is 316 g/mol. The van der Waals surface area contributed by atoms with Crippen LogP contribution >= 0.6 is 0 Å². The maximum Gasteiger partial charge on any atom is 0.306 e. The highest BCUT2D eigenvalue weighted by Gasteiger charge is 2.48. The van der Waals surface area contributed by atoms with E-state index in [1.54, 1.807) is 0 Å². The number of unbranched alkanes of at least 4 members (excludes halogenated alkanes) is 2. The third-order valence-electron chi connectivity index (χ3n) is 6.09. The molecule has 3 atom stereocenters. The molecule has 3 rings (SSSR count). The largest absolute Gasteiger partial charge is 0.508 e. The quantitative estimate of drug-likeness (QED) is 0.746. The number of benzene rings is 1. The van der Waals surface area contributed by atoms with Crippen molar-refractivity contribution in [2.24, 2.45) is 11.8 Å². The zero-order valence-corrected chi connectivity index (χ0v) is 15.5. The maximum atomic E-state index is 11.5. The average Bonchev–Trinajstić information content (AvgIpc) is 2.53. The van der Waals surface area contributed by atoms with Crippen LogP contribution in [0.2, 0.25) is 0 Å². The molecule has 4 heteroatoms. The lowest BCUT2D eigenvalue weighted by Crippen LogP contribution is -2.47. The van der Waals surface area contributed by atoms with Crippen molar-refractivity contribution in [1.29, 1.82) is 0 Å². The second-order valence-electron chi connectivity index (χ2n) is 8.25. The monoisotopic (exact) mass is 346 g/mol. The number of carbonyl (C=O) groups is 1. The minimum atomic E-state index is -0.722. The Balaban J connectivity index is 1.95. The molecule has 0 spiro atoms. The number of phenols is 1. The smallest absolute Gasteiger partial charge is 0.306 e. The first-order chi connectivity index (χ1) is 11.8. The van der Waals surface area contributed by atoms with Gasteiger partial charge in [-0.15, -0.1) is 0 Å². The van der Waals surface area contributed by atoms with Crippen LogP contribution in [0.3, 0.4) is 0 Å². The summed E-state index contributed by atoms with van der Waals surface area (Å²) in [4.78, 5) is 11.5. The number of hydrogen-bond acceptors (Lipinski definition) is 3. The van der Waals surface area contributed by atoms with Crippen molar-refractivity contribution in [1.82, 2.24) is 0 Å². The van der Waals surface area contributed by atoms with Crippen LogP contribution in [0.25, 0.3) is 0 Å². The number of rotatable bonds is 5. The predicted octanol–water partition coefficient (Wildman–Crippen LogP) is 4.88. The van der Waals surface area contributed by atoms with E-state index in [-0.39, 0.29) is 29.1 Å². The van der Waals surface area contributed by atoms with Gasteiger partial charge in [-0.25, -0.2) is 0 Å². The highest BCUT2D eigenvalue weighted by Crippen LogP contribution is 2.55. The Morgan fingerprint density at radius 3 is 2.72 bits per heavy atom. The number of aryl methyl sites for hydroxylation is 1. The molecule has 0 radical (unpaired) electrons. The highest BCUT2D eigenvalue weighted by atomic mass is 16.5. The van der Waals surface area contributed by atoms with E-state index in [1.807, 2.05) is 6.07 Å². The molecule has 0 unspecified atom stereocenters. The van der Waals surface area contributed by atoms with Gasteiger partial charge in [0, 0.05) is 11.5 Å². The number of aromatic hydroxyl groups is 1. The van der Waals surface area contributed by atoms with Crippen LogP contribution in [0, 0.1) is 11.8 Å². The summed E-state index contributed by atoms with van der Waals surface area (Å²) in [6.45, 7) is 6.36. The van der Waals surface area contributed by atoms with Crippen LogP contribution in [0.1, 0.15) is 76.3 Å². The van der Waals surface area contributed by atoms with Crippen molar-refractivity contribution in [2.75, 3.05) is 0 Å². The van der Waals surface area contributed by atoms with Gasteiger partial charge in [0.1, 0.15) is 17.1 Å². The van der Waals surface area contributed by atoms with Gasteiger partial charge in [0.05, 0.1) is 5.92 Å². The molecule has 138 valence electrons. The van der Waals surface area contributed by atoms with Gasteiger partial charge in [0.15, 0.2) is 0 Å². The van der Waals surface area contributed by atoms with Crippen LogP contribution in [0.15, 0.2) is 12.1 Å². The van der Waals surface area contributed by atoms with E-state index in [4.69, 9.17) is 4.74 Å². The maximum absolute atomic E-state index is 11.5. The van der Waals surface area contributed by atoms with Crippen molar-refractivity contribution in [3.63, 3.8) is 0 Å². The van der Waals surface area contributed by atoms with E-state index in [2.05, 4.69) is 26.8 Å². The number of phenolic OH excluding ortho intramolecular Hbond substituents is 1. The number of fused-ring (bicyclic) bond motifs is 3. The van der Waals surface area contributed by atoms with Crippen LogP contribution in [0.4, 0.5) is 0 Å². The summed E-state index contributed by atoms with van der Waals surface area (Å²) in [7, 11) is 0. The highest BCUT2D eigenvalue weighted by molar-refractivity contribution is 5.70. The van der Waals surface area contributed by atoms with E-state index in [1.165, 1.54) is 12.8 Å². The van der Waals surface area contributed by atoms with Gasteiger partial charge in [0.25, 0.3) is 0 Å². The lowest BCUT2D eigenvalue weighted by Gasteiger charge is -2.48. The van der Waals surface area contributed by atoms with Gasteiger partial charge >= 0.3 is 5.97 Å². The molecule has 1 aromatic carbocycles. The molecule has 4 nitrogen and oxygen atoms in total. The van der Waals surface area contributed by atoms with Crippen LogP contribution in [0.5, 0.6) is 11.5 Å². The number of carboxylic acid groups (broad SMARTS) is 1. The molecule has 2 N–H and O–H groups in total. The van der Waals surface area contributed by atoms with E-state index in [0.717, 1.165) is 36.1 Å². The minimum absolute atomic E-state index is 0.0540. The van der Waals surface area contributed by atoms with Crippen LogP contribution in [-0.2, 0) is 11.2 Å². The second-order valence-corrected chi connectivity index (χ2v) is 8.25. The van der Waals surface area contributed by atoms with E-state index < -0.39 is 5.97 Å². The lowest BCUT2D eigenvalue weighted by molar-refractivity contribution is -0.144. The number of carboxylic acids is 1. The number of ether oxygens (including phenoxy) is 1. The molecule has 25 heavy (non-hydrogen) atoms. The topological polar surface area (TPSA) is 66.8 Å². The average molecular weight is 346 g/mol. The zero-order chi connectivity index (χ0) is 18.2. The van der Waals surface area contributed by atoms with Crippen molar-refractivity contribution < 1.29 is 19.7 Å². The molecule has 0 saturated heterocycles. The molecule has 2 aliphatic rings. The van der Waals surface area contributed by atoms with Crippen LogP contribution in [-0.4, -0.2) is 21.8 Å². The predicted molar refractivity (Wildman–Crippen MR) is 97.3 cm³/mol. The summed E-state index contributed by atoms with van der Waals surface area (Å²) in [6, 6.07) is 3.92. The molecule has 0 bridgehead atoms. The Bertz CT molecular complexity index is 650. The van der Waals surface area contributed by atoms with Gasteiger partial charge in [-0.2, -0.15) is 0 Å². The van der Waals surface area contributed by atoms with Gasteiger partial charge < -0.3 is 14.9 Å². The molecule has 1 saturated carbocycles. The van der Waals surface area contributed by atoms with Crippen molar-refractivity contribution in [3.05, 3.63) is 23.3 Å². The summed E-state index contributed by atoms with van der Waals surface area (Å²) >= 11 is 0. The van der Waals surface area contributed by atoms with Gasteiger partial charge in [0.2, 0.25) is 0 Å². The molecule has 0 aromatic heterocycles. The molecule has 1 aliphatic carbocycles. The molecule has 1 aliphatic heterocycles. The van der Waals surface area contributed by atoms with Crippen molar-refractivity contribution >= 4 is 5.97 Å². The molecule has 1 fully saturated rings. The molecule has 1 heterocycles. The fraction of sp³-hybridized carbons (Fsp3) is 0.667. The molecule has 0 amide bonds. The number of aliphatic carboxylic acids is 1. The lowest BCUT2D eigenvalue weighted by atomic mass is 9.64. The first-order valence-electron chi connectivity index (χ1n) is 9.61. The number of hydrogen-bond donors (Lipinski definition) is 2. The summed E-state index contributed by atoms with van der Waals surface area (Å²) in [6.07, 6.45) is 6.48. The first kappa shape index (κ1) is 18.1. The van der Waals surface area contributed by atoms with Crippen molar-refractivity contribution in [3.8, 4) is 11.5 Å². The Morgan fingerprint density at radius 1 is 1.28 bits per heavy atom. The second kappa shape index (κ2) is 6.89. The third-order valence-corrected chi connectivity index (χ3v) is 6.09. The van der Waals surface area contributed by atoms with E-state index in [9.17, 15) is 15.0 Å². The Hall–Kier alpha value is -1.71. The van der Waals surface area contributed by atoms with E-state index >= 15 is 0 Å². The standard InChI is InChI=1S/C21H30O4/c1-4-5-6-7-13-10-17(22)19-15-12-14(20(23)24)8-9-16(15)21(2,3)25-18(19)11-13/h10-11,14-16,22H,4-9,12H2,1-3H3,(H,23,24)/t14-,15+,16+/m0/s1. The van der Waals surface area contributed by atoms with E-state index in [0.29, 0.717) is 12.8 Å². The zero-order valence-electron chi connectivity index (χ0n) is 15.5. The molecule has 1 aromatic rings. The SMILES string of the molecule is CCCCCc1cc(O)c2c(c1)OC(C)(C)[C@@H]1CC[C@H](C(=O)O)C[C@@H]21. The summed E-state index contributed by atoms with van der Waals surface area (Å²) in [5.41, 5.74) is 1.59. The third kappa shape index (κ3) is 3.49. The van der Waals surface area contributed by atoms with Gasteiger partial charge in [-0.05, 0) is 69.6 Å². The molecular formula is C21H30O4. The summed E-state index contributed by atoms with van der Waals surface area (Å²) < 4.78 is 6.30. The Kier molecular flexibility index (Phi) is 4.99. The van der Waals surface area contributed by atoms with Gasteiger partial charge in [-0.3, -0.25) is 4.79 Å². The van der Waals surface area contributed by atoms with Crippen LogP contribution < -0.4 is 4.74 Å². The van der Waals surface area contributed by atoms with Gasteiger partial charge in [-0.1, -0.05) is 19.8 Å². The first-order valence-corrected chi connectivity index (χ1v) is 9.61. The minimum Gasteiger partial charge on any atom is -0.508 e. The fourth-order valence-corrected chi connectivity index (χ4v) is 4.75.